The summed E-state index contributed by atoms with van der Waals surface area (Å²) in [7, 11) is 1.29. The first-order chi connectivity index (χ1) is 29.8. The molecule has 0 saturated heterocycles. The summed E-state index contributed by atoms with van der Waals surface area (Å²) in [6, 6.07) is 0. The molecule has 0 aliphatic rings. The fourth-order valence-electron chi connectivity index (χ4n) is 6.33. The Morgan fingerprint density at radius 2 is 1.08 bits per heavy atom. The quantitative estimate of drug-likeness (QED) is 0.0177. The molecule has 0 heterocycles. The minimum absolute atomic E-state index is 0.0234. The highest BCUT2D eigenvalue weighted by molar-refractivity contribution is 7.47. The maximum atomic E-state index is 12.8. The van der Waals surface area contributed by atoms with E-state index in [9.17, 15) is 29.3 Å². The zero-order chi connectivity index (χ0) is 46.0. The minimum atomic E-state index is -4.46. The third-order valence-corrected chi connectivity index (χ3v) is 11.2. The molecule has 0 rings (SSSR count). The number of quaternary nitrogens is 1. The molecule has 0 aromatic rings. The molecule has 0 fully saturated rings. The molecule has 0 saturated carbocycles. The molecular formula is C50H91NO10P+. The van der Waals surface area contributed by atoms with E-state index in [1.54, 1.807) is 0 Å². The SMILES string of the molecule is CC/C=C\C/C=C\C/C=C\C/C=C\C[C@@H](O)[C@H](O)CCCC(=O)O[C@H](COC(=O)CCCCCCCCCCC/C=C\CCCCCCCC)COP(=O)(O)OCC[N+](C)(C)C. The van der Waals surface area contributed by atoms with Crippen molar-refractivity contribution in [2.75, 3.05) is 47.5 Å². The summed E-state index contributed by atoms with van der Waals surface area (Å²) in [6.07, 6.45) is 43.0. The van der Waals surface area contributed by atoms with Crippen molar-refractivity contribution in [1.29, 1.82) is 0 Å². The minimum Gasteiger partial charge on any atom is -0.462 e. The number of aliphatic hydroxyl groups is 2. The van der Waals surface area contributed by atoms with E-state index in [2.05, 4.69) is 62.5 Å². The Labute approximate surface area is 378 Å². The number of esters is 2. The second-order valence-corrected chi connectivity index (χ2v) is 18.9. The van der Waals surface area contributed by atoms with Crippen molar-refractivity contribution >= 4 is 19.8 Å². The van der Waals surface area contributed by atoms with E-state index in [0.717, 1.165) is 44.9 Å². The van der Waals surface area contributed by atoms with Gasteiger partial charge in [0, 0.05) is 12.8 Å². The van der Waals surface area contributed by atoms with Gasteiger partial charge in [0.15, 0.2) is 6.10 Å². The van der Waals surface area contributed by atoms with Crippen LogP contribution in [0.15, 0.2) is 60.8 Å². The van der Waals surface area contributed by atoms with Crippen LogP contribution in [-0.4, -0.2) is 97.3 Å². The van der Waals surface area contributed by atoms with Gasteiger partial charge in [0.05, 0.1) is 40.0 Å². The zero-order valence-electron chi connectivity index (χ0n) is 39.8. The molecule has 0 amide bonds. The van der Waals surface area contributed by atoms with E-state index in [1.807, 2.05) is 33.3 Å². The Bertz CT molecular complexity index is 1270. The van der Waals surface area contributed by atoms with Crippen LogP contribution in [0, 0.1) is 0 Å². The second-order valence-electron chi connectivity index (χ2n) is 17.4. The molecule has 0 radical (unpaired) electrons. The lowest BCUT2D eigenvalue weighted by atomic mass is 10.0. The molecule has 0 aromatic carbocycles. The van der Waals surface area contributed by atoms with Crippen molar-refractivity contribution in [3.8, 4) is 0 Å². The summed E-state index contributed by atoms with van der Waals surface area (Å²) < 4.78 is 34.1. The third kappa shape index (κ3) is 42.9. The first-order valence-corrected chi connectivity index (χ1v) is 25.7. The molecule has 0 aliphatic carbocycles. The van der Waals surface area contributed by atoms with Gasteiger partial charge in [0.2, 0.25) is 0 Å². The Hall–Kier alpha value is -2.37. The number of unbranched alkanes of at least 4 members (excludes halogenated alkanes) is 15. The summed E-state index contributed by atoms with van der Waals surface area (Å²) in [5, 5.41) is 20.8. The van der Waals surface area contributed by atoms with E-state index in [-0.39, 0.29) is 45.3 Å². The first-order valence-electron chi connectivity index (χ1n) is 24.2. The number of nitrogens with zero attached hydrogens (tertiary/aromatic N) is 1. The summed E-state index contributed by atoms with van der Waals surface area (Å²) in [5.41, 5.74) is 0. The van der Waals surface area contributed by atoms with Gasteiger partial charge in [-0.05, 0) is 77.0 Å². The molecular weight excluding hydrogens is 806 g/mol. The number of phosphoric ester groups is 1. The number of likely N-dealkylation sites (N-methyl/N-ethyl adjacent to an activating group) is 1. The van der Waals surface area contributed by atoms with Crippen molar-refractivity contribution in [1.82, 2.24) is 0 Å². The van der Waals surface area contributed by atoms with E-state index in [4.69, 9.17) is 18.5 Å². The fraction of sp³-hybridized carbons (Fsp3) is 0.760. The highest BCUT2D eigenvalue weighted by Gasteiger charge is 2.27. The number of hydrogen-bond acceptors (Lipinski definition) is 9. The van der Waals surface area contributed by atoms with E-state index < -0.39 is 44.7 Å². The van der Waals surface area contributed by atoms with Crippen molar-refractivity contribution in [2.24, 2.45) is 0 Å². The van der Waals surface area contributed by atoms with Crippen LogP contribution in [-0.2, 0) is 32.7 Å². The van der Waals surface area contributed by atoms with E-state index in [1.165, 1.54) is 83.5 Å². The molecule has 0 aliphatic heterocycles. The van der Waals surface area contributed by atoms with Gasteiger partial charge in [0.1, 0.15) is 19.8 Å². The predicted molar refractivity (Wildman–Crippen MR) is 255 cm³/mol. The van der Waals surface area contributed by atoms with E-state index >= 15 is 0 Å². The Morgan fingerprint density at radius 3 is 1.63 bits per heavy atom. The van der Waals surface area contributed by atoms with Gasteiger partial charge in [-0.25, -0.2) is 4.57 Å². The van der Waals surface area contributed by atoms with Gasteiger partial charge in [-0.2, -0.15) is 0 Å². The zero-order valence-corrected chi connectivity index (χ0v) is 40.7. The van der Waals surface area contributed by atoms with Crippen LogP contribution in [0.3, 0.4) is 0 Å². The number of allylic oxidation sites excluding steroid dienone is 9. The van der Waals surface area contributed by atoms with Crippen molar-refractivity contribution in [3.63, 3.8) is 0 Å². The van der Waals surface area contributed by atoms with Gasteiger partial charge in [-0.15, -0.1) is 0 Å². The average Bonchev–Trinajstić information content (AvgIpc) is 3.22. The van der Waals surface area contributed by atoms with Crippen LogP contribution < -0.4 is 0 Å². The average molecular weight is 897 g/mol. The molecule has 4 atom stereocenters. The predicted octanol–water partition coefficient (Wildman–Crippen LogP) is 12.0. The maximum absolute atomic E-state index is 12.8. The lowest BCUT2D eigenvalue weighted by Crippen LogP contribution is -2.37. The number of carbonyl (C=O) groups is 2. The molecule has 12 heteroatoms. The summed E-state index contributed by atoms with van der Waals surface area (Å²) >= 11 is 0. The molecule has 0 bridgehead atoms. The Morgan fingerprint density at radius 1 is 0.581 bits per heavy atom. The maximum Gasteiger partial charge on any atom is 0.472 e. The number of rotatable bonds is 43. The fourth-order valence-corrected chi connectivity index (χ4v) is 7.07. The largest absolute Gasteiger partial charge is 0.472 e. The van der Waals surface area contributed by atoms with Crippen LogP contribution in [0.1, 0.15) is 181 Å². The molecule has 1 unspecified atom stereocenters. The lowest BCUT2D eigenvalue weighted by molar-refractivity contribution is -0.870. The third-order valence-electron chi connectivity index (χ3n) is 10.2. The topological polar surface area (TPSA) is 149 Å². The molecule has 0 spiro atoms. The van der Waals surface area contributed by atoms with Crippen molar-refractivity contribution in [3.05, 3.63) is 60.8 Å². The molecule has 3 N–H and O–H groups in total. The molecule has 11 nitrogen and oxygen atoms in total. The van der Waals surface area contributed by atoms with Crippen LogP contribution in [0.5, 0.6) is 0 Å². The number of aliphatic hydroxyl groups excluding tert-OH is 2. The normalized spacial score (nSPS) is 15.0. The number of phosphoric acid groups is 1. The number of ether oxygens (including phenoxy) is 2. The van der Waals surface area contributed by atoms with Crippen LogP contribution in [0.2, 0.25) is 0 Å². The van der Waals surface area contributed by atoms with Gasteiger partial charge < -0.3 is 29.1 Å². The Balaban J connectivity index is 4.52. The second kappa shape index (κ2) is 41.3. The summed E-state index contributed by atoms with van der Waals surface area (Å²) in [5.74, 6) is -1.09. The first kappa shape index (κ1) is 59.6. The highest BCUT2D eigenvalue weighted by atomic mass is 31.2. The Kier molecular flexibility index (Phi) is 39.8. The van der Waals surface area contributed by atoms with Crippen molar-refractivity contribution < 1.29 is 52.3 Å². The lowest BCUT2D eigenvalue weighted by Gasteiger charge is -2.24. The monoisotopic (exact) mass is 897 g/mol. The highest BCUT2D eigenvalue weighted by Crippen LogP contribution is 2.43. The molecule has 0 aromatic heterocycles. The van der Waals surface area contributed by atoms with Crippen LogP contribution in [0.25, 0.3) is 0 Å². The van der Waals surface area contributed by atoms with Crippen LogP contribution >= 0.6 is 7.82 Å². The molecule has 360 valence electrons. The van der Waals surface area contributed by atoms with Gasteiger partial charge >= 0.3 is 19.8 Å². The standard InChI is InChI=1S/C50H90NO10P/c1-6-8-10-12-14-16-18-20-21-22-23-24-25-26-28-30-32-34-36-40-49(54)58-44-46(45-60-62(56,57)59-43-42-51(3,4)5)61-50(55)41-37-39-48(53)47(52)38-35-33-31-29-27-19-17-15-13-11-9-7-2/h9,11,15,17,20-21,27,29,33,35,46-48,52-53H,6-8,10,12-14,16,18-19,22-26,28,30-32,34,36-45H2,1-5H3/p+1/b11-9-,17-15-,21-20-,29-27-,35-33-/t46-,47-,48-/m1/s1. The van der Waals surface area contributed by atoms with Gasteiger partial charge in [-0.1, -0.05) is 152 Å². The summed E-state index contributed by atoms with van der Waals surface area (Å²) in [4.78, 5) is 35.5. The van der Waals surface area contributed by atoms with Gasteiger partial charge in [0.25, 0.3) is 0 Å². The smallest absolute Gasteiger partial charge is 0.462 e. The molecule has 62 heavy (non-hydrogen) atoms. The summed E-state index contributed by atoms with van der Waals surface area (Å²) in [6.45, 7) is 3.96. The van der Waals surface area contributed by atoms with Crippen molar-refractivity contribution in [2.45, 2.75) is 199 Å². The van der Waals surface area contributed by atoms with Gasteiger partial charge in [-0.3, -0.25) is 18.6 Å². The number of hydrogen-bond donors (Lipinski definition) is 3. The number of carbonyl (C=O) groups excluding carboxylic acids is 2. The van der Waals surface area contributed by atoms with E-state index in [0.29, 0.717) is 17.4 Å². The van der Waals surface area contributed by atoms with Crippen LogP contribution in [0.4, 0.5) is 0 Å².